The number of nitrogens with two attached hydrogens (primary N) is 1. The molecule has 0 radical (unpaired) electrons. The summed E-state index contributed by atoms with van der Waals surface area (Å²) in [6.07, 6.45) is 3.58. The van der Waals surface area contributed by atoms with Crippen molar-refractivity contribution < 1.29 is 4.79 Å². The number of aromatic nitrogens is 2. The summed E-state index contributed by atoms with van der Waals surface area (Å²) >= 11 is 2.80. The van der Waals surface area contributed by atoms with E-state index in [9.17, 15) is 9.59 Å². The van der Waals surface area contributed by atoms with E-state index in [4.69, 9.17) is 5.73 Å². The van der Waals surface area contributed by atoms with Crippen LogP contribution in [-0.4, -0.2) is 22.0 Å². The summed E-state index contributed by atoms with van der Waals surface area (Å²) in [5.74, 6) is 0.489. The van der Waals surface area contributed by atoms with E-state index in [1.165, 1.54) is 27.9 Å². The predicted octanol–water partition coefficient (Wildman–Crippen LogP) is 3.29. The molecule has 2 aromatic heterocycles. The number of carbonyl (C=O) groups is 1. The maximum atomic E-state index is 12.8. The second kappa shape index (κ2) is 10.7. The molecule has 3 aromatic rings. The fraction of sp³-hybridized carbons (Fsp3) is 0.190. The summed E-state index contributed by atoms with van der Waals surface area (Å²) < 4.78 is 4.56. The zero-order valence-corrected chi connectivity index (χ0v) is 18.1. The molecule has 1 amide bonds. The molecule has 0 saturated carbocycles. The molecule has 3 rings (SSSR count). The molecular weight excluding hydrogens is 418 g/mol. The fourth-order valence-corrected chi connectivity index (χ4v) is 3.92. The van der Waals surface area contributed by atoms with Crippen LogP contribution in [0.5, 0.6) is 0 Å². The summed E-state index contributed by atoms with van der Waals surface area (Å²) in [6, 6.07) is 13.6. The minimum absolute atomic E-state index is 0.0406. The van der Waals surface area contributed by atoms with Crippen LogP contribution in [0.2, 0.25) is 0 Å². The topological polar surface area (TPSA) is 102 Å². The van der Waals surface area contributed by atoms with Crippen LogP contribution in [0.1, 0.15) is 17.0 Å². The Kier molecular flexibility index (Phi) is 7.69. The number of pyridine rings is 1. The highest BCUT2D eigenvalue weighted by molar-refractivity contribution is 7.99. The Bertz CT molecular complexity index is 1080. The number of hydrogen-bond donors (Lipinski definition) is 3. The van der Waals surface area contributed by atoms with Crippen molar-refractivity contribution in [2.75, 3.05) is 17.0 Å². The van der Waals surface area contributed by atoms with Crippen molar-refractivity contribution in [1.82, 2.24) is 14.9 Å². The summed E-state index contributed by atoms with van der Waals surface area (Å²) in [7, 11) is 0. The van der Waals surface area contributed by atoms with E-state index in [1.807, 2.05) is 48.7 Å². The first-order valence-corrected chi connectivity index (χ1v) is 11.2. The third kappa shape index (κ3) is 6.23. The number of nitrogens with one attached hydrogen (secondary N) is 2. The summed E-state index contributed by atoms with van der Waals surface area (Å²) in [6.45, 7) is 2.11. The SMILES string of the molecule is Cc1ccc(NSCc2ccccc2)c(=O)n1CC(=O)NC/C=C/c1csc(N)n1. The summed E-state index contributed by atoms with van der Waals surface area (Å²) in [5.41, 5.74) is 8.46. The first kappa shape index (κ1) is 21.7. The lowest BCUT2D eigenvalue weighted by molar-refractivity contribution is -0.121. The van der Waals surface area contributed by atoms with Gasteiger partial charge in [0.15, 0.2) is 5.13 Å². The number of amides is 1. The lowest BCUT2D eigenvalue weighted by Crippen LogP contribution is -2.33. The summed E-state index contributed by atoms with van der Waals surface area (Å²) in [4.78, 5) is 29.2. The van der Waals surface area contributed by atoms with Gasteiger partial charge in [0.1, 0.15) is 12.2 Å². The monoisotopic (exact) mass is 441 g/mol. The van der Waals surface area contributed by atoms with Crippen molar-refractivity contribution in [3.05, 3.63) is 81.2 Å². The van der Waals surface area contributed by atoms with E-state index < -0.39 is 0 Å². The third-order valence-corrected chi connectivity index (χ3v) is 5.74. The average molecular weight is 442 g/mol. The van der Waals surface area contributed by atoms with E-state index in [0.717, 1.165) is 22.7 Å². The molecule has 0 saturated heterocycles. The predicted molar refractivity (Wildman–Crippen MR) is 125 cm³/mol. The van der Waals surface area contributed by atoms with Crippen LogP contribution in [0, 0.1) is 6.92 Å². The normalized spacial score (nSPS) is 11.0. The van der Waals surface area contributed by atoms with Crippen molar-refractivity contribution in [2.24, 2.45) is 0 Å². The van der Waals surface area contributed by atoms with Crippen molar-refractivity contribution in [3.8, 4) is 0 Å². The largest absolute Gasteiger partial charge is 0.375 e. The van der Waals surface area contributed by atoms with Gasteiger partial charge < -0.3 is 20.3 Å². The van der Waals surface area contributed by atoms with Crippen LogP contribution in [0.25, 0.3) is 6.08 Å². The molecular formula is C21H23N5O2S2. The molecule has 9 heteroatoms. The smallest absolute Gasteiger partial charge is 0.275 e. The van der Waals surface area contributed by atoms with Crippen LogP contribution in [0.4, 0.5) is 10.8 Å². The van der Waals surface area contributed by atoms with Gasteiger partial charge in [-0.05, 0) is 42.6 Å². The Hall–Kier alpha value is -3.04. The van der Waals surface area contributed by atoms with Gasteiger partial charge in [0.05, 0.1) is 5.69 Å². The van der Waals surface area contributed by atoms with Gasteiger partial charge in [-0.25, -0.2) is 4.98 Å². The molecule has 4 N–H and O–H groups in total. The quantitative estimate of drug-likeness (QED) is 0.441. The minimum Gasteiger partial charge on any atom is -0.375 e. The lowest BCUT2D eigenvalue weighted by Gasteiger charge is -2.12. The van der Waals surface area contributed by atoms with Crippen molar-refractivity contribution in [2.45, 2.75) is 19.2 Å². The Morgan fingerprint density at radius 3 is 2.80 bits per heavy atom. The van der Waals surface area contributed by atoms with Crippen molar-refractivity contribution >= 4 is 46.1 Å². The second-order valence-corrected chi connectivity index (χ2v) is 8.14. The maximum absolute atomic E-state index is 12.8. The Morgan fingerprint density at radius 2 is 2.07 bits per heavy atom. The van der Waals surface area contributed by atoms with Crippen LogP contribution >= 0.6 is 23.3 Å². The highest BCUT2D eigenvalue weighted by Crippen LogP contribution is 2.15. The number of anilines is 2. The van der Waals surface area contributed by atoms with Crippen molar-refractivity contribution in [3.63, 3.8) is 0 Å². The number of nitrogen functional groups attached to an aromatic ring is 1. The van der Waals surface area contributed by atoms with E-state index in [0.29, 0.717) is 17.4 Å². The molecule has 0 aliphatic heterocycles. The number of nitrogens with zero attached hydrogens (tertiary/aromatic N) is 2. The van der Waals surface area contributed by atoms with Gasteiger partial charge in [-0.2, -0.15) is 0 Å². The zero-order chi connectivity index (χ0) is 21.3. The minimum atomic E-state index is -0.239. The summed E-state index contributed by atoms with van der Waals surface area (Å²) in [5, 5.41) is 5.12. The fourth-order valence-electron chi connectivity index (χ4n) is 2.65. The van der Waals surface area contributed by atoms with Gasteiger partial charge in [0.2, 0.25) is 5.91 Å². The standard InChI is InChI=1S/C21H23N5O2S2/c1-15-9-10-18(25-30-13-16-6-3-2-4-7-16)20(28)26(15)12-19(27)23-11-5-8-17-14-29-21(22)24-17/h2-10,14,25H,11-13H2,1H3,(H2,22,24)(H,23,27)/b8-5+. The molecule has 0 bridgehead atoms. The van der Waals surface area contributed by atoms with Gasteiger partial charge in [-0.1, -0.05) is 36.4 Å². The number of aryl methyl sites for hydroxylation is 1. The highest BCUT2D eigenvalue weighted by Gasteiger charge is 2.10. The van der Waals surface area contributed by atoms with E-state index in [2.05, 4.69) is 15.0 Å². The van der Waals surface area contributed by atoms with Crippen LogP contribution in [-0.2, 0) is 17.1 Å². The molecule has 0 aliphatic rings. The molecule has 0 aliphatic carbocycles. The Morgan fingerprint density at radius 1 is 1.27 bits per heavy atom. The number of carbonyl (C=O) groups excluding carboxylic acids is 1. The van der Waals surface area contributed by atoms with Gasteiger partial charge in [-0.15, -0.1) is 11.3 Å². The number of benzene rings is 1. The van der Waals surface area contributed by atoms with Crippen LogP contribution in [0.15, 0.2) is 58.7 Å². The lowest BCUT2D eigenvalue weighted by atomic mass is 10.2. The second-order valence-electron chi connectivity index (χ2n) is 6.47. The zero-order valence-electron chi connectivity index (χ0n) is 16.5. The van der Waals surface area contributed by atoms with E-state index in [1.54, 1.807) is 18.2 Å². The molecule has 0 atom stereocenters. The molecule has 1 aromatic carbocycles. The van der Waals surface area contributed by atoms with E-state index in [-0.39, 0.29) is 18.0 Å². The first-order chi connectivity index (χ1) is 14.5. The molecule has 156 valence electrons. The van der Waals surface area contributed by atoms with Crippen LogP contribution in [0.3, 0.4) is 0 Å². The first-order valence-electron chi connectivity index (χ1n) is 9.29. The average Bonchev–Trinajstić information content (AvgIpc) is 3.16. The van der Waals surface area contributed by atoms with Crippen LogP contribution < -0.4 is 21.3 Å². The number of thiazole rings is 1. The number of hydrogen-bond acceptors (Lipinski definition) is 7. The van der Waals surface area contributed by atoms with Gasteiger partial charge >= 0.3 is 0 Å². The number of rotatable bonds is 9. The van der Waals surface area contributed by atoms with Gasteiger partial charge in [0.25, 0.3) is 5.56 Å². The highest BCUT2D eigenvalue weighted by atomic mass is 32.2. The van der Waals surface area contributed by atoms with Crippen molar-refractivity contribution in [1.29, 1.82) is 0 Å². The third-order valence-electron chi connectivity index (χ3n) is 4.20. The molecule has 0 fully saturated rings. The Labute approximate surface area is 183 Å². The van der Waals surface area contributed by atoms with E-state index >= 15 is 0 Å². The molecule has 0 unspecified atom stereocenters. The maximum Gasteiger partial charge on any atom is 0.275 e. The van der Waals surface area contributed by atoms with Gasteiger partial charge in [0, 0.05) is 23.4 Å². The molecule has 2 heterocycles. The molecule has 0 spiro atoms. The molecule has 7 nitrogen and oxygen atoms in total. The van der Waals surface area contributed by atoms with Gasteiger partial charge in [-0.3, -0.25) is 9.59 Å². The Balaban J connectivity index is 1.54. The molecule has 30 heavy (non-hydrogen) atoms.